The molecular formula is C19H23F3N4O3. The maximum atomic E-state index is 12.8. The summed E-state index contributed by atoms with van der Waals surface area (Å²) in [6.07, 6.45) is 1.08. The van der Waals surface area contributed by atoms with E-state index >= 15 is 0 Å². The van der Waals surface area contributed by atoms with Gasteiger partial charge in [-0.15, -0.1) is 5.10 Å². The zero-order valence-corrected chi connectivity index (χ0v) is 16.1. The van der Waals surface area contributed by atoms with Crippen molar-refractivity contribution >= 4 is 11.1 Å². The molecule has 7 nitrogen and oxygen atoms in total. The third-order valence-corrected chi connectivity index (χ3v) is 5.74. The van der Waals surface area contributed by atoms with Crippen molar-refractivity contribution in [2.45, 2.75) is 38.3 Å². The SMILES string of the molecule is Cn1c(OC[C@H]2CC[C@H](C(F)(F)F)CC2)nn2c(C3=CCOCC3)ncc2c1=O. The summed E-state index contributed by atoms with van der Waals surface area (Å²) < 4.78 is 52.4. The lowest BCUT2D eigenvalue weighted by molar-refractivity contribution is -0.184. The molecule has 0 unspecified atom stereocenters. The molecule has 0 aromatic carbocycles. The van der Waals surface area contributed by atoms with E-state index in [1.165, 1.54) is 15.3 Å². The highest BCUT2D eigenvalue weighted by molar-refractivity contribution is 5.64. The fourth-order valence-electron chi connectivity index (χ4n) is 3.93. The third-order valence-electron chi connectivity index (χ3n) is 5.74. The number of alkyl halides is 3. The molecule has 29 heavy (non-hydrogen) atoms. The summed E-state index contributed by atoms with van der Waals surface area (Å²) in [4.78, 5) is 17.0. The fourth-order valence-corrected chi connectivity index (χ4v) is 3.93. The number of fused-ring (bicyclic) bond motifs is 1. The van der Waals surface area contributed by atoms with Gasteiger partial charge in [0.2, 0.25) is 0 Å². The van der Waals surface area contributed by atoms with E-state index in [0.717, 1.165) is 5.57 Å². The van der Waals surface area contributed by atoms with Gasteiger partial charge in [0.25, 0.3) is 5.56 Å². The largest absolute Gasteiger partial charge is 0.463 e. The third kappa shape index (κ3) is 4.03. The molecule has 1 aliphatic carbocycles. The smallest absolute Gasteiger partial charge is 0.391 e. The Hall–Kier alpha value is -2.36. The van der Waals surface area contributed by atoms with Crippen LogP contribution in [0.25, 0.3) is 11.1 Å². The van der Waals surface area contributed by atoms with Crippen molar-refractivity contribution < 1.29 is 22.6 Å². The first-order chi connectivity index (χ1) is 13.8. The summed E-state index contributed by atoms with van der Waals surface area (Å²) in [6, 6.07) is 0.132. The van der Waals surface area contributed by atoms with Crippen LogP contribution in [-0.2, 0) is 11.8 Å². The second kappa shape index (κ2) is 7.81. The highest BCUT2D eigenvalue weighted by Crippen LogP contribution is 2.39. The topological polar surface area (TPSA) is 70.7 Å². The molecule has 3 heterocycles. The first kappa shape index (κ1) is 19.9. The van der Waals surface area contributed by atoms with Gasteiger partial charge in [0, 0.05) is 7.05 Å². The molecule has 0 saturated heterocycles. The Morgan fingerprint density at radius 1 is 1.28 bits per heavy atom. The molecule has 2 aromatic rings. The number of halogens is 3. The van der Waals surface area contributed by atoms with E-state index in [2.05, 4.69) is 10.1 Å². The Labute approximate surface area is 165 Å². The zero-order valence-electron chi connectivity index (χ0n) is 16.1. The number of aromatic nitrogens is 4. The molecule has 158 valence electrons. The number of nitrogens with zero attached hydrogens (tertiary/aromatic N) is 4. The lowest BCUT2D eigenvalue weighted by Gasteiger charge is -2.29. The van der Waals surface area contributed by atoms with Gasteiger partial charge in [-0.25, -0.2) is 9.50 Å². The number of imidazole rings is 1. The van der Waals surface area contributed by atoms with Crippen LogP contribution in [-0.4, -0.2) is 45.2 Å². The van der Waals surface area contributed by atoms with Gasteiger partial charge in [0.1, 0.15) is 0 Å². The predicted molar refractivity (Wildman–Crippen MR) is 98.6 cm³/mol. The molecule has 2 aliphatic rings. The van der Waals surface area contributed by atoms with E-state index in [4.69, 9.17) is 9.47 Å². The van der Waals surface area contributed by atoms with Crippen molar-refractivity contribution in [2.24, 2.45) is 18.9 Å². The molecule has 0 radical (unpaired) electrons. The summed E-state index contributed by atoms with van der Waals surface area (Å²) in [6.45, 7) is 1.30. The Morgan fingerprint density at radius 2 is 2.03 bits per heavy atom. The van der Waals surface area contributed by atoms with Gasteiger partial charge >= 0.3 is 12.2 Å². The average Bonchev–Trinajstić information content (AvgIpc) is 3.14. The van der Waals surface area contributed by atoms with E-state index in [1.807, 2.05) is 6.08 Å². The molecule has 4 rings (SSSR count). The maximum Gasteiger partial charge on any atom is 0.391 e. The Balaban J connectivity index is 1.51. The summed E-state index contributed by atoms with van der Waals surface area (Å²) in [5, 5.41) is 4.44. The number of ether oxygens (including phenoxy) is 2. The Bertz CT molecular complexity index is 971. The van der Waals surface area contributed by atoms with Crippen molar-refractivity contribution in [3.63, 3.8) is 0 Å². The summed E-state index contributed by atoms with van der Waals surface area (Å²) in [5.74, 6) is -0.628. The number of hydrogen-bond donors (Lipinski definition) is 0. The van der Waals surface area contributed by atoms with E-state index < -0.39 is 12.1 Å². The molecule has 0 spiro atoms. The highest BCUT2D eigenvalue weighted by atomic mass is 19.4. The second-order valence-electron chi connectivity index (χ2n) is 7.65. The van der Waals surface area contributed by atoms with E-state index in [9.17, 15) is 18.0 Å². The first-order valence-corrected chi connectivity index (χ1v) is 9.76. The minimum Gasteiger partial charge on any atom is -0.463 e. The van der Waals surface area contributed by atoms with Crippen molar-refractivity contribution in [1.29, 1.82) is 0 Å². The summed E-state index contributed by atoms with van der Waals surface area (Å²) in [5.41, 5.74) is 1.00. The molecule has 0 N–H and O–H groups in total. The first-order valence-electron chi connectivity index (χ1n) is 9.76. The van der Waals surface area contributed by atoms with Gasteiger partial charge in [-0.2, -0.15) is 13.2 Å². The average molecular weight is 412 g/mol. The second-order valence-corrected chi connectivity index (χ2v) is 7.65. The van der Waals surface area contributed by atoms with E-state index in [0.29, 0.717) is 43.8 Å². The van der Waals surface area contributed by atoms with Gasteiger partial charge < -0.3 is 9.47 Å². The zero-order chi connectivity index (χ0) is 20.6. The van der Waals surface area contributed by atoms with E-state index in [-0.39, 0.29) is 36.9 Å². The monoisotopic (exact) mass is 412 g/mol. The lowest BCUT2D eigenvalue weighted by atomic mass is 9.82. The van der Waals surface area contributed by atoms with Crippen LogP contribution in [0.15, 0.2) is 17.1 Å². The molecule has 0 bridgehead atoms. The Kier molecular flexibility index (Phi) is 5.37. The molecule has 10 heteroatoms. The lowest BCUT2D eigenvalue weighted by Crippen LogP contribution is -2.30. The van der Waals surface area contributed by atoms with Crippen LogP contribution in [0, 0.1) is 11.8 Å². The summed E-state index contributed by atoms with van der Waals surface area (Å²) >= 11 is 0. The van der Waals surface area contributed by atoms with Crippen molar-refractivity contribution in [3.8, 4) is 6.01 Å². The number of hydrogen-bond acceptors (Lipinski definition) is 5. The van der Waals surface area contributed by atoms with Crippen LogP contribution < -0.4 is 10.3 Å². The van der Waals surface area contributed by atoms with Crippen molar-refractivity contribution in [1.82, 2.24) is 19.2 Å². The van der Waals surface area contributed by atoms with E-state index in [1.54, 1.807) is 7.05 Å². The van der Waals surface area contributed by atoms with Crippen LogP contribution in [0.1, 0.15) is 37.9 Å². The predicted octanol–water partition coefficient (Wildman–Crippen LogP) is 2.98. The summed E-state index contributed by atoms with van der Waals surface area (Å²) in [7, 11) is 1.56. The van der Waals surface area contributed by atoms with Gasteiger partial charge in [-0.05, 0) is 43.6 Å². The van der Waals surface area contributed by atoms with Crippen LogP contribution in [0.4, 0.5) is 13.2 Å². The molecule has 0 amide bonds. The molecule has 1 aliphatic heterocycles. The van der Waals surface area contributed by atoms with Crippen LogP contribution in [0.5, 0.6) is 6.01 Å². The fraction of sp³-hybridized carbons (Fsp3) is 0.632. The standard InChI is InChI=1S/C19H23F3N4O3/c1-25-17(27)15-10-23-16(13-6-8-28-9-7-13)26(15)24-18(25)29-11-12-2-4-14(5-3-12)19(20,21)22/h6,10,12,14H,2-5,7-9,11H2,1H3/t12-,14-. The van der Waals surface area contributed by atoms with Gasteiger partial charge in [-0.3, -0.25) is 9.36 Å². The quantitative estimate of drug-likeness (QED) is 0.772. The normalized spacial score (nSPS) is 23.2. The van der Waals surface area contributed by atoms with Crippen LogP contribution in [0.2, 0.25) is 0 Å². The van der Waals surface area contributed by atoms with Crippen LogP contribution in [0.3, 0.4) is 0 Å². The van der Waals surface area contributed by atoms with Gasteiger partial charge in [0.15, 0.2) is 11.3 Å². The molecular weight excluding hydrogens is 389 g/mol. The van der Waals surface area contributed by atoms with Crippen molar-refractivity contribution in [2.75, 3.05) is 19.8 Å². The Morgan fingerprint density at radius 3 is 2.69 bits per heavy atom. The maximum absolute atomic E-state index is 12.8. The molecule has 2 aromatic heterocycles. The van der Waals surface area contributed by atoms with Crippen LogP contribution >= 0.6 is 0 Å². The van der Waals surface area contributed by atoms with Gasteiger partial charge in [-0.1, -0.05) is 6.08 Å². The molecule has 1 fully saturated rings. The molecule has 1 saturated carbocycles. The minimum absolute atomic E-state index is 0.0154. The number of rotatable bonds is 4. The van der Waals surface area contributed by atoms with Crippen molar-refractivity contribution in [3.05, 3.63) is 28.5 Å². The highest BCUT2D eigenvalue weighted by Gasteiger charge is 2.41. The molecule has 0 atom stereocenters. The minimum atomic E-state index is -4.13. The van der Waals surface area contributed by atoms with Gasteiger partial charge in [0.05, 0.1) is 31.9 Å².